The molecule has 1 amide bonds. The van der Waals surface area contributed by atoms with Crippen LogP contribution in [0, 0.1) is 13.8 Å². The number of fused-ring (bicyclic) bond motifs is 1. The summed E-state index contributed by atoms with van der Waals surface area (Å²) >= 11 is 0. The Hall–Kier alpha value is -2.42. The number of benzene rings is 1. The fourth-order valence-corrected chi connectivity index (χ4v) is 3.99. The van der Waals surface area contributed by atoms with Crippen LogP contribution in [0.1, 0.15) is 55.5 Å². The number of alkyl halides is 3. The van der Waals surface area contributed by atoms with Gasteiger partial charge >= 0.3 is 6.18 Å². The number of amides is 1. The van der Waals surface area contributed by atoms with Gasteiger partial charge in [0.25, 0.3) is 5.56 Å². The van der Waals surface area contributed by atoms with Crippen molar-refractivity contribution in [3.8, 4) is 0 Å². The molecule has 0 unspecified atom stereocenters. The molecule has 3 rings (SSSR count). The molecule has 0 aliphatic carbocycles. The number of hydrogen-bond acceptors (Lipinski definition) is 4. The van der Waals surface area contributed by atoms with Crippen molar-refractivity contribution in [1.82, 2.24) is 19.8 Å². The first-order chi connectivity index (χ1) is 14.6. The predicted molar refractivity (Wildman–Crippen MR) is 113 cm³/mol. The minimum absolute atomic E-state index is 0.0410. The van der Waals surface area contributed by atoms with Gasteiger partial charge < -0.3 is 10.2 Å². The van der Waals surface area contributed by atoms with Crippen molar-refractivity contribution in [3.63, 3.8) is 0 Å². The van der Waals surface area contributed by atoms with Crippen molar-refractivity contribution in [2.75, 3.05) is 26.2 Å². The van der Waals surface area contributed by atoms with Gasteiger partial charge in [0.05, 0.1) is 11.0 Å². The number of nitrogens with one attached hydrogen (secondary N) is 1. The zero-order valence-corrected chi connectivity index (χ0v) is 18.2. The normalized spacial score (nSPS) is 16.8. The maximum Gasteiger partial charge on any atom is 0.438 e. The monoisotopic (exact) mass is 438 g/mol. The Morgan fingerprint density at radius 2 is 1.74 bits per heavy atom. The van der Waals surface area contributed by atoms with E-state index in [-0.39, 0.29) is 11.0 Å². The number of carbonyl (C=O) groups is 1. The summed E-state index contributed by atoms with van der Waals surface area (Å²) in [5, 5.41) is 2.78. The first-order valence-corrected chi connectivity index (χ1v) is 10.7. The van der Waals surface area contributed by atoms with E-state index in [2.05, 4.69) is 15.2 Å². The minimum Gasteiger partial charge on any atom is -0.353 e. The van der Waals surface area contributed by atoms with Gasteiger partial charge in [-0.15, -0.1) is 0 Å². The molecule has 0 saturated carbocycles. The zero-order valence-electron chi connectivity index (χ0n) is 18.2. The molecule has 0 spiro atoms. The van der Waals surface area contributed by atoms with E-state index >= 15 is 0 Å². The van der Waals surface area contributed by atoms with E-state index < -0.39 is 29.4 Å². The summed E-state index contributed by atoms with van der Waals surface area (Å²) in [6.07, 6.45) is -0.241. The number of aryl methyl sites for hydroxylation is 2. The molecule has 2 aromatic rings. The maximum atomic E-state index is 13.5. The number of aromatic nitrogens is 2. The number of carbonyl (C=O) groups excluding carboxylic acids is 1. The lowest BCUT2D eigenvalue weighted by atomic mass is 10.1. The van der Waals surface area contributed by atoms with Crippen molar-refractivity contribution in [2.45, 2.75) is 58.7 Å². The smallest absolute Gasteiger partial charge is 0.353 e. The quantitative estimate of drug-likeness (QED) is 0.775. The van der Waals surface area contributed by atoms with E-state index in [1.54, 1.807) is 19.9 Å². The number of nitrogens with zero attached hydrogens (tertiary/aromatic N) is 3. The van der Waals surface area contributed by atoms with Crippen LogP contribution in [-0.2, 0) is 11.0 Å². The highest BCUT2D eigenvalue weighted by Gasteiger charge is 2.38. The van der Waals surface area contributed by atoms with E-state index in [0.29, 0.717) is 13.1 Å². The van der Waals surface area contributed by atoms with Crippen molar-refractivity contribution >= 4 is 16.9 Å². The molecule has 1 aliphatic heterocycles. The first-order valence-electron chi connectivity index (χ1n) is 10.7. The second kappa shape index (κ2) is 9.38. The summed E-state index contributed by atoms with van der Waals surface area (Å²) in [6.45, 7) is 8.02. The molecular formula is C22H29F3N4O2. The summed E-state index contributed by atoms with van der Waals surface area (Å²) in [5.41, 5.74) is -0.995. The van der Waals surface area contributed by atoms with E-state index in [1.807, 2.05) is 0 Å². The van der Waals surface area contributed by atoms with E-state index in [4.69, 9.17) is 0 Å². The van der Waals surface area contributed by atoms with Gasteiger partial charge in [-0.05, 0) is 70.0 Å². The largest absolute Gasteiger partial charge is 0.438 e. The summed E-state index contributed by atoms with van der Waals surface area (Å²) in [7, 11) is 0. The lowest BCUT2D eigenvalue weighted by Gasteiger charge is -2.22. The maximum absolute atomic E-state index is 13.5. The average Bonchev–Trinajstić information content (AvgIpc) is 2.96. The molecule has 9 heteroatoms. The van der Waals surface area contributed by atoms with E-state index in [1.165, 1.54) is 25.8 Å². The highest BCUT2D eigenvalue weighted by atomic mass is 19.4. The summed E-state index contributed by atoms with van der Waals surface area (Å²) in [6, 6.07) is 2.02. The first kappa shape index (κ1) is 23.2. The Balaban J connectivity index is 1.88. The lowest BCUT2D eigenvalue weighted by Crippen LogP contribution is -2.41. The van der Waals surface area contributed by atoms with Crippen LogP contribution >= 0.6 is 0 Å². The lowest BCUT2D eigenvalue weighted by molar-refractivity contribution is -0.142. The molecule has 6 nitrogen and oxygen atoms in total. The van der Waals surface area contributed by atoms with Crippen LogP contribution in [0.2, 0.25) is 0 Å². The Morgan fingerprint density at radius 3 is 2.35 bits per heavy atom. The molecule has 2 heterocycles. The number of rotatable bonds is 5. The van der Waals surface area contributed by atoms with Crippen molar-refractivity contribution < 1.29 is 18.0 Å². The van der Waals surface area contributed by atoms with Crippen molar-refractivity contribution in [1.29, 1.82) is 0 Å². The molecule has 1 aromatic carbocycles. The fourth-order valence-electron chi connectivity index (χ4n) is 3.99. The molecule has 1 aliphatic rings. The van der Waals surface area contributed by atoms with E-state index in [0.717, 1.165) is 41.6 Å². The van der Waals surface area contributed by atoms with Gasteiger partial charge in [-0.3, -0.25) is 14.2 Å². The molecular weight excluding hydrogens is 409 g/mol. The van der Waals surface area contributed by atoms with Crippen LogP contribution in [0.5, 0.6) is 0 Å². The SMILES string of the molecule is Cc1cc2nc(C(F)(F)F)c(=O)n([C@@H](C)C(=O)NCCN3CCCCCC3)c2cc1C. The number of halogens is 3. The Bertz CT molecular complexity index is 1010. The Kier molecular flexibility index (Phi) is 7.03. The van der Waals surface area contributed by atoms with Gasteiger partial charge in [0.2, 0.25) is 11.6 Å². The van der Waals surface area contributed by atoms with Gasteiger partial charge in [-0.25, -0.2) is 4.98 Å². The molecule has 170 valence electrons. The van der Waals surface area contributed by atoms with Gasteiger partial charge in [-0.1, -0.05) is 12.8 Å². The van der Waals surface area contributed by atoms with Gasteiger partial charge in [0, 0.05) is 13.1 Å². The fraction of sp³-hybridized carbons (Fsp3) is 0.591. The average molecular weight is 438 g/mol. The summed E-state index contributed by atoms with van der Waals surface area (Å²) < 4.78 is 41.3. The van der Waals surface area contributed by atoms with Crippen molar-refractivity contribution in [2.24, 2.45) is 0 Å². The van der Waals surface area contributed by atoms with Crippen LogP contribution in [0.4, 0.5) is 13.2 Å². The predicted octanol–water partition coefficient (Wildman–Crippen LogP) is 3.59. The third kappa shape index (κ3) is 5.26. The van der Waals surface area contributed by atoms with Crippen molar-refractivity contribution in [3.05, 3.63) is 39.3 Å². The molecule has 1 N–H and O–H groups in total. The molecule has 31 heavy (non-hydrogen) atoms. The van der Waals surface area contributed by atoms with Crippen LogP contribution in [0.15, 0.2) is 16.9 Å². The van der Waals surface area contributed by atoms with Crippen LogP contribution in [0.3, 0.4) is 0 Å². The van der Waals surface area contributed by atoms with E-state index in [9.17, 15) is 22.8 Å². The molecule has 1 fully saturated rings. The van der Waals surface area contributed by atoms with Crippen LogP contribution < -0.4 is 10.9 Å². The molecule has 0 radical (unpaired) electrons. The third-order valence-electron chi connectivity index (χ3n) is 5.97. The number of hydrogen-bond donors (Lipinski definition) is 1. The second-order valence-corrected chi connectivity index (χ2v) is 8.28. The molecule has 0 bridgehead atoms. The van der Waals surface area contributed by atoms with Crippen LogP contribution in [-0.4, -0.2) is 46.5 Å². The number of likely N-dealkylation sites (tertiary alicyclic amines) is 1. The molecule has 1 atom stereocenters. The highest BCUT2D eigenvalue weighted by Crippen LogP contribution is 2.28. The standard InChI is InChI=1S/C22H29F3N4O2/c1-14-12-17-18(13-15(14)2)29(21(31)19(27-17)22(23,24)25)16(3)20(30)26-8-11-28-9-6-4-5-7-10-28/h12-13,16H,4-11H2,1-3H3,(H,26,30)/t16-/m0/s1. The minimum atomic E-state index is -4.91. The Morgan fingerprint density at radius 1 is 1.13 bits per heavy atom. The van der Waals surface area contributed by atoms with Gasteiger partial charge in [-0.2, -0.15) is 13.2 Å². The highest BCUT2D eigenvalue weighted by molar-refractivity contribution is 5.84. The molecule has 1 saturated heterocycles. The topological polar surface area (TPSA) is 67.2 Å². The van der Waals surface area contributed by atoms with Gasteiger partial charge in [0.1, 0.15) is 6.04 Å². The zero-order chi connectivity index (χ0) is 22.8. The van der Waals surface area contributed by atoms with Gasteiger partial charge in [0.15, 0.2) is 0 Å². The Labute approximate surface area is 179 Å². The summed E-state index contributed by atoms with van der Waals surface area (Å²) in [5.74, 6) is -0.490. The van der Waals surface area contributed by atoms with Crippen LogP contribution in [0.25, 0.3) is 11.0 Å². The second-order valence-electron chi connectivity index (χ2n) is 8.28. The molecule has 1 aromatic heterocycles. The summed E-state index contributed by atoms with van der Waals surface area (Å²) in [4.78, 5) is 31.4. The third-order valence-corrected chi connectivity index (χ3v) is 5.97.